The first-order valence-electron chi connectivity index (χ1n) is 7.69. The summed E-state index contributed by atoms with van der Waals surface area (Å²) in [5.41, 5.74) is 4.73. The quantitative estimate of drug-likeness (QED) is 0.531. The maximum atomic E-state index is 5.42. The van der Waals surface area contributed by atoms with Gasteiger partial charge in [0.05, 0.1) is 18.1 Å². The fraction of sp³-hybridized carbons (Fsp3) is 0.150. The lowest BCUT2D eigenvalue weighted by atomic mass is 10.1. The molecule has 0 atom stereocenters. The minimum Gasteiger partial charge on any atom is -0.497 e. The topological polar surface area (TPSA) is 27.1 Å². The van der Waals surface area contributed by atoms with Crippen molar-refractivity contribution < 1.29 is 4.74 Å². The Labute approximate surface area is 135 Å². The van der Waals surface area contributed by atoms with Crippen molar-refractivity contribution in [2.45, 2.75) is 13.8 Å². The minimum absolute atomic E-state index is 0.853. The summed E-state index contributed by atoms with van der Waals surface area (Å²) in [4.78, 5) is 4.58. The molecule has 0 unspecified atom stereocenters. The van der Waals surface area contributed by atoms with Crippen molar-refractivity contribution in [3.8, 4) is 11.6 Å². The maximum absolute atomic E-state index is 5.42. The molecule has 0 fully saturated rings. The number of fused-ring (bicyclic) bond motifs is 3. The lowest BCUT2D eigenvalue weighted by Gasteiger charge is -2.08. The second kappa shape index (κ2) is 5.13. The van der Waals surface area contributed by atoms with Crippen LogP contribution in [-0.2, 0) is 0 Å². The number of benzene rings is 2. The van der Waals surface area contributed by atoms with E-state index in [9.17, 15) is 0 Å². The molecule has 0 aliphatic carbocycles. The van der Waals surface area contributed by atoms with Crippen LogP contribution in [0.2, 0.25) is 0 Å². The molecule has 0 bridgehead atoms. The molecule has 0 spiro atoms. The van der Waals surface area contributed by atoms with Gasteiger partial charge in [-0.3, -0.25) is 4.57 Å². The van der Waals surface area contributed by atoms with Crippen molar-refractivity contribution in [1.82, 2.24) is 9.55 Å². The van der Waals surface area contributed by atoms with E-state index in [1.165, 1.54) is 21.9 Å². The molecule has 2 aromatic heterocycles. The molecule has 3 nitrogen and oxygen atoms in total. The monoisotopic (exact) mass is 302 g/mol. The summed E-state index contributed by atoms with van der Waals surface area (Å²) in [5, 5.41) is 2.46. The number of ether oxygens (including phenoxy) is 1. The molecule has 0 radical (unpaired) electrons. The van der Waals surface area contributed by atoms with Crippen LogP contribution in [0.25, 0.3) is 27.6 Å². The van der Waals surface area contributed by atoms with Crippen molar-refractivity contribution in [2.24, 2.45) is 0 Å². The van der Waals surface area contributed by atoms with Crippen molar-refractivity contribution in [2.75, 3.05) is 7.11 Å². The molecule has 0 N–H and O–H groups in total. The molecule has 114 valence electrons. The molecular formula is C20H18N2O. The first-order chi connectivity index (χ1) is 11.2. The van der Waals surface area contributed by atoms with Crippen molar-refractivity contribution >= 4 is 21.8 Å². The highest BCUT2D eigenvalue weighted by atomic mass is 16.5. The number of hydrogen-bond donors (Lipinski definition) is 0. The zero-order chi connectivity index (χ0) is 16.0. The summed E-state index contributed by atoms with van der Waals surface area (Å²) in [6.07, 6.45) is 1.86. The van der Waals surface area contributed by atoms with Crippen LogP contribution in [0.1, 0.15) is 11.1 Å². The van der Waals surface area contributed by atoms with Crippen LogP contribution in [0.4, 0.5) is 0 Å². The molecule has 4 aromatic rings. The summed E-state index contributed by atoms with van der Waals surface area (Å²) in [5.74, 6) is 1.79. The Kier molecular flexibility index (Phi) is 3.08. The van der Waals surface area contributed by atoms with Gasteiger partial charge in [-0.15, -0.1) is 0 Å². The van der Waals surface area contributed by atoms with Crippen LogP contribution in [0.3, 0.4) is 0 Å². The summed E-state index contributed by atoms with van der Waals surface area (Å²) < 4.78 is 7.63. The average Bonchev–Trinajstić information content (AvgIpc) is 2.87. The van der Waals surface area contributed by atoms with E-state index >= 15 is 0 Å². The third-order valence-corrected chi connectivity index (χ3v) is 4.26. The van der Waals surface area contributed by atoms with Gasteiger partial charge in [-0.05, 0) is 55.8 Å². The molecular weight excluding hydrogens is 284 g/mol. The zero-order valence-corrected chi connectivity index (χ0v) is 13.5. The van der Waals surface area contributed by atoms with Crippen LogP contribution in [-0.4, -0.2) is 16.7 Å². The Bertz CT molecular complexity index is 1030. The molecule has 23 heavy (non-hydrogen) atoms. The van der Waals surface area contributed by atoms with E-state index in [1.807, 2.05) is 18.3 Å². The molecule has 2 heterocycles. The number of methoxy groups -OCH3 is 1. The smallest absolute Gasteiger partial charge is 0.137 e. The van der Waals surface area contributed by atoms with E-state index in [2.05, 4.69) is 59.8 Å². The van der Waals surface area contributed by atoms with Crippen molar-refractivity contribution in [3.63, 3.8) is 0 Å². The van der Waals surface area contributed by atoms with Crippen molar-refractivity contribution in [1.29, 1.82) is 0 Å². The minimum atomic E-state index is 0.853. The molecule has 0 amide bonds. The van der Waals surface area contributed by atoms with Crippen LogP contribution < -0.4 is 4.74 Å². The van der Waals surface area contributed by atoms with E-state index in [0.29, 0.717) is 0 Å². The Morgan fingerprint density at radius 1 is 0.826 bits per heavy atom. The third kappa shape index (κ3) is 2.16. The van der Waals surface area contributed by atoms with Gasteiger partial charge in [0.1, 0.15) is 11.6 Å². The first-order valence-corrected chi connectivity index (χ1v) is 7.69. The van der Waals surface area contributed by atoms with Gasteiger partial charge in [0.15, 0.2) is 0 Å². The highest BCUT2D eigenvalue weighted by Gasteiger charge is 2.14. The molecule has 3 heteroatoms. The van der Waals surface area contributed by atoms with Crippen LogP contribution in [0.5, 0.6) is 5.75 Å². The number of hydrogen-bond acceptors (Lipinski definition) is 2. The largest absolute Gasteiger partial charge is 0.497 e. The molecule has 0 saturated carbocycles. The fourth-order valence-electron chi connectivity index (χ4n) is 3.13. The predicted octanol–water partition coefficient (Wildman–Crippen LogP) is 4.80. The van der Waals surface area contributed by atoms with Crippen LogP contribution in [0, 0.1) is 13.8 Å². The normalized spacial score (nSPS) is 11.3. The highest BCUT2D eigenvalue weighted by molar-refractivity contribution is 6.09. The van der Waals surface area contributed by atoms with Gasteiger partial charge in [0.2, 0.25) is 0 Å². The van der Waals surface area contributed by atoms with E-state index in [0.717, 1.165) is 22.6 Å². The Morgan fingerprint density at radius 3 is 2.43 bits per heavy atom. The van der Waals surface area contributed by atoms with Gasteiger partial charge in [0, 0.05) is 23.0 Å². The van der Waals surface area contributed by atoms with Gasteiger partial charge in [-0.2, -0.15) is 0 Å². The summed E-state index contributed by atoms with van der Waals surface area (Å²) in [6.45, 7) is 4.21. The SMILES string of the molecule is COc1ccc2c3cc(C)ccc3n(-c3cc(C)ccn3)c2c1. The molecule has 0 aliphatic rings. The van der Waals surface area contributed by atoms with Crippen molar-refractivity contribution in [3.05, 3.63) is 65.9 Å². The Morgan fingerprint density at radius 2 is 1.65 bits per heavy atom. The summed E-state index contributed by atoms with van der Waals surface area (Å²) >= 11 is 0. The van der Waals surface area contributed by atoms with E-state index < -0.39 is 0 Å². The second-order valence-electron chi connectivity index (χ2n) is 5.93. The predicted molar refractivity (Wildman–Crippen MR) is 94.6 cm³/mol. The number of nitrogens with zero attached hydrogens (tertiary/aromatic N) is 2. The number of pyridine rings is 1. The second-order valence-corrected chi connectivity index (χ2v) is 5.93. The lowest BCUT2D eigenvalue weighted by Crippen LogP contribution is -1.97. The summed E-state index contributed by atoms with van der Waals surface area (Å²) in [7, 11) is 1.70. The van der Waals surface area contributed by atoms with Crippen LogP contribution >= 0.6 is 0 Å². The maximum Gasteiger partial charge on any atom is 0.137 e. The molecule has 4 rings (SSSR count). The van der Waals surface area contributed by atoms with Gasteiger partial charge in [-0.1, -0.05) is 11.6 Å². The van der Waals surface area contributed by atoms with E-state index in [-0.39, 0.29) is 0 Å². The first kappa shape index (κ1) is 13.8. The molecule has 0 saturated heterocycles. The van der Waals surface area contributed by atoms with Gasteiger partial charge in [-0.25, -0.2) is 4.98 Å². The number of aryl methyl sites for hydroxylation is 2. The Hall–Kier alpha value is -2.81. The number of rotatable bonds is 2. The molecule has 2 aromatic carbocycles. The molecule has 0 aliphatic heterocycles. The highest BCUT2D eigenvalue weighted by Crippen LogP contribution is 2.34. The zero-order valence-electron chi connectivity index (χ0n) is 13.5. The van der Waals surface area contributed by atoms with E-state index in [4.69, 9.17) is 4.74 Å². The van der Waals surface area contributed by atoms with Gasteiger partial charge < -0.3 is 4.74 Å². The standard InChI is InChI=1S/C20H18N2O/c1-13-4-7-18-17(10-13)16-6-5-15(23-3)12-19(16)22(18)20-11-14(2)8-9-21-20/h4-12H,1-3H3. The van der Waals surface area contributed by atoms with Crippen LogP contribution in [0.15, 0.2) is 54.7 Å². The lowest BCUT2D eigenvalue weighted by molar-refractivity contribution is 0.415. The Balaban J connectivity index is 2.18. The summed E-state index contributed by atoms with van der Waals surface area (Å²) in [6, 6.07) is 16.9. The fourth-order valence-corrected chi connectivity index (χ4v) is 3.13. The van der Waals surface area contributed by atoms with Gasteiger partial charge in [0.25, 0.3) is 0 Å². The van der Waals surface area contributed by atoms with Gasteiger partial charge >= 0.3 is 0 Å². The van der Waals surface area contributed by atoms with E-state index in [1.54, 1.807) is 7.11 Å². The average molecular weight is 302 g/mol. The third-order valence-electron chi connectivity index (χ3n) is 4.26. The number of aromatic nitrogens is 2.